The van der Waals surface area contributed by atoms with Crippen molar-refractivity contribution in [2.24, 2.45) is 11.8 Å². The van der Waals surface area contributed by atoms with Crippen LogP contribution in [0.1, 0.15) is 206 Å². The Bertz CT molecular complexity index is 1360. The van der Waals surface area contributed by atoms with Gasteiger partial charge in [-0.05, 0) is 77.0 Å². The van der Waals surface area contributed by atoms with Crippen molar-refractivity contribution in [1.29, 1.82) is 0 Å². The number of esters is 2. The Balaban J connectivity index is 1.20. The Kier molecular flexibility index (Phi) is 31.2. The van der Waals surface area contributed by atoms with Crippen LogP contribution in [0.2, 0.25) is 0 Å². The molecule has 2 N–H and O–H groups in total. The molecule has 1 saturated heterocycles. The van der Waals surface area contributed by atoms with Crippen LogP contribution in [0.3, 0.4) is 0 Å². The van der Waals surface area contributed by atoms with Gasteiger partial charge in [0, 0.05) is 25.9 Å². The fourth-order valence-corrected chi connectivity index (χ4v) is 9.46. The molecule has 16 nitrogen and oxygen atoms in total. The zero-order chi connectivity index (χ0) is 47.6. The molecule has 0 aromatic carbocycles. The highest BCUT2D eigenvalue weighted by Crippen LogP contribution is 2.39. The summed E-state index contributed by atoms with van der Waals surface area (Å²) in [7, 11) is -4.80. The smallest absolute Gasteiger partial charge is 0.407 e. The molecule has 0 radical (unpaired) electrons. The van der Waals surface area contributed by atoms with Gasteiger partial charge in [-0.1, -0.05) is 128 Å². The van der Waals surface area contributed by atoms with Crippen LogP contribution in [-0.4, -0.2) is 94.9 Å². The summed E-state index contributed by atoms with van der Waals surface area (Å²) in [6.45, 7) is 4.75. The molecule has 0 aromatic rings. The Morgan fingerprint density at radius 2 is 1.02 bits per heavy atom. The van der Waals surface area contributed by atoms with Gasteiger partial charge in [0.2, 0.25) is 0 Å². The van der Waals surface area contributed by atoms with E-state index in [4.69, 9.17) is 37.5 Å². The predicted molar refractivity (Wildman–Crippen MR) is 249 cm³/mol. The zero-order valence-corrected chi connectivity index (χ0v) is 41.7. The van der Waals surface area contributed by atoms with E-state index in [1.165, 1.54) is 38.5 Å². The molecule has 0 spiro atoms. The molecule has 3 fully saturated rings. The van der Waals surface area contributed by atoms with E-state index in [2.05, 4.69) is 10.6 Å². The number of phosphoric ester groups is 1. The third-order valence-electron chi connectivity index (χ3n) is 12.6. The van der Waals surface area contributed by atoms with Crippen molar-refractivity contribution >= 4 is 31.9 Å². The summed E-state index contributed by atoms with van der Waals surface area (Å²) in [6.07, 6.45) is 27.9. The predicted octanol–water partition coefficient (Wildman–Crippen LogP) is 10.5. The maximum Gasteiger partial charge on any atom is 0.407 e. The van der Waals surface area contributed by atoms with Crippen molar-refractivity contribution in [2.75, 3.05) is 52.7 Å². The Labute approximate surface area is 396 Å². The summed E-state index contributed by atoms with van der Waals surface area (Å²) in [5, 5.41) is 5.73. The number of rotatable bonds is 37. The topological polar surface area (TPSA) is 206 Å². The Hall–Kier alpha value is -2.49. The van der Waals surface area contributed by atoms with Crippen molar-refractivity contribution in [3.8, 4) is 0 Å². The first-order valence-corrected chi connectivity index (χ1v) is 27.4. The molecule has 384 valence electrons. The molecule has 2 aliphatic carbocycles. The highest BCUT2D eigenvalue weighted by atomic mass is 31.2. The highest BCUT2D eigenvalue weighted by Gasteiger charge is 2.34. The first-order chi connectivity index (χ1) is 31.9. The number of phosphoric acid groups is 1. The SMILES string of the molecule is CC1(C)OCC(COP(=O)([O-])OCC(COC(=O)CCCCCCCCCCCNC(=O)OCC2CCCCC2)OC(=O)CCCCCCCCCCCNC(=O)OCC2CCCCC2)O1. The molecule has 1 heterocycles. The lowest BCUT2D eigenvalue weighted by Crippen LogP contribution is -2.31. The van der Waals surface area contributed by atoms with Crippen LogP contribution in [0, 0.1) is 11.8 Å². The van der Waals surface area contributed by atoms with E-state index in [1.807, 2.05) is 0 Å². The molecule has 17 heteroatoms. The Morgan fingerprint density at radius 1 is 0.576 bits per heavy atom. The van der Waals surface area contributed by atoms with Crippen LogP contribution in [0.25, 0.3) is 0 Å². The average molecular weight is 960 g/mol. The molecule has 3 aliphatic rings. The van der Waals surface area contributed by atoms with Gasteiger partial charge in [-0.3, -0.25) is 14.2 Å². The molecule has 3 unspecified atom stereocenters. The van der Waals surface area contributed by atoms with Crippen LogP contribution in [0.15, 0.2) is 0 Å². The van der Waals surface area contributed by atoms with Gasteiger partial charge < -0.3 is 53.0 Å². The fraction of sp³-hybridized carbons (Fsp3) is 0.918. The minimum Gasteiger partial charge on any atom is -0.756 e. The number of hydrogen-bond donors (Lipinski definition) is 2. The second kappa shape index (κ2) is 35.6. The zero-order valence-electron chi connectivity index (χ0n) is 40.8. The van der Waals surface area contributed by atoms with Gasteiger partial charge in [-0.25, -0.2) is 9.59 Å². The molecule has 2 amide bonds. The van der Waals surface area contributed by atoms with Gasteiger partial charge in [-0.15, -0.1) is 0 Å². The van der Waals surface area contributed by atoms with E-state index in [0.717, 1.165) is 128 Å². The van der Waals surface area contributed by atoms with Gasteiger partial charge in [0.15, 0.2) is 11.9 Å². The summed E-state index contributed by atoms with van der Waals surface area (Å²) >= 11 is 0. The van der Waals surface area contributed by atoms with Crippen LogP contribution >= 0.6 is 7.82 Å². The van der Waals surface area contributed by atoms with Crippen LogP contribution in [-0.2, 0) is 51.6 Å². The number of carbonyl (C=O) groups is 4. The van der Waals surface area contributed by atoms with Crippen LogP contribution < -0.4 is 15.5 Å². The molecule has 3 atom stereocenters. The van der Waals surface area contributed by atoms with Crippen molar-refractivity contribution in [3.63, 3.8) is 0 Å². The van der Waals surface area contributed by atoms with E-state index in [1.54, 1.807) is 13.8 Å². The third-order valence-corrected chi connectivity index (χ3v) is 13.6. The van der Waals surface area contributed by atoms with E-state index in [9.17, 15) is 28.6 Å². The van der Waals surface area contributed by atoms with E-state index in [-0.39, 0.29) is 44.8 Å². The standard InChI is InChI=1S/C49H89N2O14P/c1-49(2)61-38-44(65-49)40-63-66(56,57)62-39-43(64-46(53)32-24-14-10-6-4-8-12-16-26-34-51-48(55)60-36-42-29-21-18-22-30-42)37-58-45(52)31-23-13-9-5-3-7-11-15-25-33-50-47(54)59-35-41-27-19-17-20-28-41/h41-44H,3-40H2,1-2H3,(H,50,54)(H,51,55)(H,56,57)/p-1. The summed E-state index contributed by atoms with van der Waals surface area (Å²) in [5.41, 5.74) is 0. The average Bonchev–Trinajstić information content (AvgIpc) is 3.67. The second-order valence-corrected chi connectivity index (χ2v) is 20.6. The molecular weight excluding hydrogens is 872 g/mol. The number of carbonyl (C=O) groups excluding carboxylic acids is 4. The van der Waals surface area contributed by atoms with Gasteiger partial charge in [-0.2, -0.15) is 0 Å². The monoisotopic (exact) mass is 960 g/mol. The number of unbranched alkanes of at least 4 members (excludes halogenated alkanes) is 16. The van der Waals surface area contributed by atoms with Crippen LogP contribution in [0.4, 0.5) is 9.59 Å². The van der Waals surface area contributed by atoms with E-state index >= 15 is 0 Å². The lowest BCUT2D eigenvalue weighted by molar-refractivity contribution is -0.231. The van der Waals surface area contributed by atoms with Crippen molar-refractivity contribution in [3.05, 3.63) is 0 Å². The van der Waals surface area contributed by atoms with Gasteiger partial charge >= 0.3 is 24.1 Å². The van der Waals surface area contributed by atoms with Crippen molar-refractivity contribution < 1.29 is 66.1 Å². The molecule has 0 aromatic heterocycles. The molecule has 66 heavy (non-hydrogen) atoms. The number of nitrogens with one attached hydrogen (secondary N) is 2. The normalized spacial score (nSPS) is 19.1. The summed E-state index contributed by atoms with van der Waals surface area (Å²) < 4.78 is 55.4. The van der Waals surface area contributed by atoms with Gasteiger partial charge in [0.05, 0.1) is 33.0 Å². The second-order valence-electron chi connectivity index (χ2n) is 19.2. The molecular formula is C49H88N2O14P-. The van der Waals surface area contributed by atoms with Crippen molar-refractivity contribution in [2.45, 2.75) is 224 Å². The molecule has 1 aliphatic heterocycles. The molecule has 2 saturated carbocycles. The minimum atomic E-state index is -4.80. The number of alkyl carbamates (subject to hydrolysis) is 2. The first-order valence-electron chi connectivity index (χ1n) is 26.0. The van der Waals surface area contributed by atoms with Gasteiger partial charge in [0.1, 0.15) is 12.7 Å². The molecule has 0 bridgehead atoms. The van der Waals surface area contributed by atoms with Gasteiger partial charge in [0.25, 0.3) is 7.82 Å². The fourth-order valence-electron chi connectivity index (χ4n) is 8.69. The number of hydrogen-bond acceptors (Lipinski definition) is 14. The summed E-state index contributed by atoms with van der Waals surface area (Å²) in [6, 6.07) is 0. The summed E-state index contributed by atoms with van der Waals surface area (Å²) in [5.74, 6) is -0.783. The number of ether oxygens (including phenoxy) is 6. The van der Waals surface area contributed by atoms with Crippen LogP contribution in [0.5, 0.6) is 0 Å². The lowest BCUT2D eigenvalue weighted by atomic mass is 9.90. The maximum atomic E-state index is 12.8. The third kappa shape index (κ3) is 30.8. The Morgan fingerprint density at radius 3 is 1.47 bits per heavy atom. The largest absolute Gasteiger partial charge is 0.756 e. The summed E-state index contributed by atoms with van der Waals surface area (Å²) in [4.78, 5) is 61.8. The molecule has 3 rings (SSSR count). The number of amides is 2. The quantitative estimate of drug-likeness (QED) is 0.0257. The lowest BCUT2D eigenvalue weighted by Gasteiger charge is -2.26. The van der Waals surface area contributed by atoms with E-state index < -0.39 is 44.4 Å². The van der Waals surface area contributed by atoms with Crippen molar-refractivity contribution in [1.82, 2.24) is 10.6 Å². The first kappa shape index (κ1) is 57.8. The maximum absolute atomic E-state index is 12.8. The highest BCUT2D eigenvalue weighted by molar-refractivity contribution is 7.45. The minimum absolute atomic E-state index is 0.148. The van der Waals surface area contributed by atoms with E-state index in [0.29, 0.717) is 51.0 Å².